The largest absolute Gasteiger partial charge is 0.394 e. The van der Waals surface area contributed by atoms with Crippen LogP contribution in [0.1, 0.15) is 11.5 Å². The predicted molar refractivity (Wildman–Crippen MR) is 69.2 cm³/mol. The summed E-state index contributed by atoms with van der Waals surface area (Å²) in [5.41, 5.74) is 0.673. The van der Waals surface area contributed by atoms with Crippen LogP contribution in [0.3, 0.4) is 0 Å². The Bertz CT molecular complexity index is 623. The van der Waals surface area contributed by atoms with Crippen LogP contribution in [0.5, 0.6) is 0 Å². The molecule has 0 bridgehead atoms. The van der Waals surface area contributed by atoms with Crippen molar-refractivity contribution in [1.82, 2.24) is 14.9 Å². The lowest BCUT2D eigenvalue weighted by Crippen LogP contribution is -2.25. The van der Waals surface area contributed by atoms with Gasteiger partial charge in [0.25, 0.3) is 5.56 Å². The second-order valence-electron chi connectivity index (χ2n) is 3.91. The highest BCUT2D eigenvalue weighted by molar-refractivity contribution is 6.32. The summed E-state index contributed by atoms with van der Waals surface area (Å²) >= 11 is 5.94. The molecule has 2 rings (SSSR count). The monoisotopic (exact) mass is 284 g/mol. The molecule has 2 aromatic heterocycles. The topological polar surface area (TPSA) is 93.2 Å². The Balaban J connectivity index is 2.13. The van der Waals surface area contributed by atoms with E-state index in [-0.39, 0.29) is 18.2 Å². The van der Waals surface area contributed by atoms with Gasteiger partial charge in [0.15, 0.2) is 0 Å². The number of anilines is 1. The van der Waals surface area contributed by atoms with E-state index in [2.05, 4.69) is 15.6 Å². The summed E-state index contributed by atoms with van der Waals surface area (Å²) in [6.07, 6.45) is 1.44. The van der Waals surface area contributed by atoms with E-state index in [0.717, 1.165) is 4.68 Å². The number of halogens is 1. The third-order valence-electron chi connectivity index (χ3n) is 2.43. The van der Waals surface area contributed by atoms with Gasteiger partial charge < -0.3 is 14.9 Å². The number of aryl methyl sites for hydroxylation is 1. The summed E-state index contributed by atoms with van der Waals surface area (Å²) in [6, 6.07) is 1.78. The molecular weight excluding hydrogens is 272 g/mol. The molecule has 0 aliphatic carbocycles. The first-order valence-corrected chi connectivity index (χ1v) is 6.02. The van der Waals surface area contributed by atoms with Gasteiger partial charge in [-0.2, -0.15) is 5.10 Å². The lowest BCUT2D eigenvalue weighted by molar-refractivity contribution is 0.266. The molecule has 0 fully saturated rings. The summed E-state index contributed by atoms with van der Waals surface area (Å²) in [5, 5.41) is 19.5. The summed E-state index contributed by atoms with van der Waals surface area (Å²) in [6.45, 7) is 2.11. The van der Waals surface area contributed by atoms with E-state index < -0.39 is 5.56 Å². The fourth-order valence-electron chi connectivity index (χ4n) is 1.53. The van der Waals surface area contributed by atoms with E-state index in [1.165, 1.54) is 6.20 Å². The molecule has 0 spiro atoms. The van der Waals surface area contributed by atoms with Crippen LogP contribution in [-0.4, -0.2) is 26.7 Å². The van der Waals surface area contributed by atoms with Crippen LogP contribution in [0.25, 0.3) is 0 Å². The summed E-state index contributed by atoms with van der Waals surface area (Å²) in [5.74, 6) is 0.708. The molecule has 0 radical (unpaired) electrons. The average Bonchev–Trinajstić information content (AvgIpc) is 2.80. The maximum absolute atomic E-state index is 11.8. The van der Waals surface area contributed by atoms with Crippen molar-refractivity contribution in [2.45, 2.75) is 20.0 Å². The first-order valence-electron chi connectivity index (χ1n) is 5.64. The van der Waals surface area contributed by atoms with Crippen LogP contribution in [0.4, 0.5) is 5.69 Å². The molecule has 0 atom stereocenters. The number of hydrogen-bond donors (Lipinski definition) is 2. The first-order chi connectivity index (χ1) is 9.11. The van der Waals surface area contributed by atoms with E-state index >= 15 is 0 Å². The highest BCUT2D eigenvalue weighted by atomic mass is 35.5. The second-order valence-corrected chi connectivity index (χ2v) is 4.28. The lowest BCUT2D eigenvalue weighted by atomic mass is 10.3. The number of nitrogens with one attached hydrogen (secondary N) is 1. The minimum atomic E-state index is -0.447. The van der Waals surface area contributed by atoms with Crippen LogP contribution in [0, 0.1) is 6.92 Å². The second kappa shape index (κ2) is 5.85. The highest BCUT2D eigenvalue weighted by Gasteiger charge is 2.09. The van der Waals surface area contributed by atoms with E-state index in [1.807, 2.05) is 0 Å². The van der Waals surface area contributed by atoms with Gasteiger partial charge in [0.05, 0.1) is 31.6 Å². The van der Waals surface area contributed by atoms with Gasteiger partial charge in [-0.3, -0.25) is 4.79 Å². The zero-order chi connectivity index (χ0) is 13.8. The molecule has 8 heteroatoms. The van der Waals surface area contributed by atoms with E-state index in [4.69, 9.17) is 21.2 Å². The number of aromatic nitrogens is 3. The lowest BCUT2D eigenvalue weighted by Gasteiger charge is -2.08. The SMILES string of the molecule is Cc1cc(CNc2cnn(CCO)c(=O)c2Cl)no1. The zero-order valence-corrected chi connectivity index (χ0v) is 11.0. The Labute approximate surface area is 113 Å². The van der Waals surface area contributed by atoms with Crippen molar-refractivity contribution in [3.63, 3.8) is 0 Å². The molecule has 0 saturated heterocycles. The third-order valence-corrected chi connectivity index (χ3v) is 2.80. The molecule has 2 aromatic rings. The Morgan fingerprint density at radius 1 is 1.58 bits per heavy atom. The molecule has 0 aromatic carbocycles. The number of hydrogen-bond acceptors (Lipinski definition) is 6. The van der Waals surface area contributed by atoms with Gasteiger partial charge in [-0.05, 0) is 6.92 Å². The quantitative estimate of drug-likeness (QED) is 0.843. The van der Waals surface area contributed by atoms with Crippen molar-refractivity contribution in [3.8, 4) is 0 Å². The fourth-order valence-corrected chi connectivity index (χ4v) is 1.74. The van der Waals surface area contributed by atoms with Crippen molar-refractivity contribution in [3.05, 3.63) is 39.1 Å². The van der Waals surface area contributed by atoms with E-state index in [1.54, 1.807) is 13.0 Å². The predicted octanol–water partition coefficient (Wildman–Crippen LogP) is 0.798. The molecule has 0 aliphatic rings. The molecule has 0 amide bonds. The summed E-state index contributed by atoms with van der Waals surface area (Å²) in [4.78, 5) is 11.8. The molecular formula is C11H13ClN4O3. The van der Waals surface area contributed by atoms with Crippen molar-refractivity contribution in [1.29, 1.82) is 0 Å². The van der Waals surface area contributed by atoms with Crippen LogP contribution in [-0.2, 0) is 13.1 Å². The van der Waals surface area contributed by atoms with Gasteiger partial charge >= 0.3 is 0 Å². The normalized spacial score (nSPS) is 10.7. The van der Waals surface area contributed by atoms with Crippen molar-refractivity contribution in [2.24, 2.45) is 0 Å². The van der Waals surface area contributed by atoms with Gasteiger partial charge in [-0.25, -0.2) is 4.68 Å². The van der Waals surface area contributed by atoms with Gasteiger partial charge in [0.2, 0.25) is 0 Å². The van der Waals surface area contributed by atoms with E-state index in [9.17, 15) is 4.79 Å². The fraction of sp³-hybridized carbons (Fsp3) is 0.364. The smallest absolute Gasteiger partial charge is 0.287 e. The third kappa shape index (κ3) is 3.12. The van der Waals surface area contributed by atoms with E-state index in [0.29, 0.717) is 23.7 Å². The zero-order valence-electron chi connectivity index (χ0n) is 10.3. The molecule has 102 valence electrons. The van der Waals surface area contributed by atoms with Crippen molar-refractivity contribution < 1.29 is 9.63 Å². The molecule has 2 heterocycles. The van der Waals surface area contributed by atoms with Crippen LogP contribution in [0.2, 0.25) is 5.02 Å². The molecule has 0 aliphatic heterocycles. The Morgan fingerprint density at radius 3 is 3.00 bits per heavy atom. The number of aliphatic hydroxyl groups excluding tert-OH is 1. The number of nitrogens with zero attached hydrogens (tertiary/aromatic N) is 3. The molecule has 2 N–H and O–H groups in total. The van der Waals surface area contributed by atoms with Gasteiger partial charge in [0, 0.05) is 6.07 Å². The first kappa shape index (κ1) is 13.6. The summed E-state index contributed by atoms with van der Waals surface area (Å²) in [7, 11) is 0. The minimum absolute atomic E-state index is 0.0312. The molecule has 7 nitrogen and oxygen atoms in total. The average molecular weight is 285 g/mol. The molecule has 0 saturated carbocycles. The van der Waals surface area contributed by atoms with Gasteiger partial charge in [-0.15, -0.1) is 0 Å². The maximum atomic E-state index is 11.8. The Hall–Kier alpha value is -1.86. The number of aliphatic hydroxyl groups is 1. The van der Waals surface area contributed by atoms with Crippen LogP contribution < -0.4 is 10.9 Å². The van der Waals surface area contributed by atoms with Gasteiger partial charge in [0.1, 0.15) is 16.5 Å². The highest BCUT2D eigenvalue weighted by Crippen LogP contribution is 2.16. The van der Waals surface area contributed by atoms with Crippen LogP contribution >= 0.6 is 11.6 Å². The molecule has 19 heavy (non-hydrogen) atoms. The molecule has 0 unspecified atom stereocenters. The Kier molecular flexibility index (Phi) is 4.18. The van der Waals surface area contributed by atoms with Gasteiger partial charge in [-0.1, -0.05) is 16.8 Å². The maximum Gasteiger partial charge on any atom is 0.287 e. The van der Waals surface area contributed by atoms with Crippen molar-refractivity contribution in [2.75, 3.05) is 11.9 Å². The van der Waals surface area contributed by atoms with Crippen molar-refractivity contribution >= 4 is 17.3 Å². The number of rotatable bonds is 5. The standard InChI is InChI=1S/C11H13ClN4O3/c1-7-4-8(15-19-7)5-13-9-6-14-16(2-3-17)11(18)10(9)12/h4,6,13,17H,2-3,5H2,1H3. The van der Waals surface area contributed by atoms with Crippen LogP contribution in [0.15, 0.2) is 21.6 Å². The Morgan fingerprint density at radius 2 is 2.37 bits per heavy atom. The summed E-state index contributed by atoms with van der Waals surface area (Å²) < 4.78 is 6.03. The minimum Gasteiger partial charge on any atom is -0.394 e.